The molecule has 0 saturated heterocycles. The van der Waals surface area contributed by atoms with Crippen molar-refractivity contribution < 1.29 is 9.13 Å². The third-order valence-electron chi connectivity index (χ3n) is 5.59. The monoisotopic (exact) mass is 434 g/mol. The Morgan fingerprint density at radius 1 is 0.848 bits per heavy atom. The second kappa shape index (κ2) is 9.61. The number of hydrogen-bond acceptors (Lipinski definition) is 3. The SMILES string of the molecule is Fc1ccc(/C=C2\CCCN=C2c2cccnc2)cc1-c1ccccc1Oc1ccccc1. The fourth-order valence-electron chi connectivity index (χ4n) is 4.03. The Kier molecular flexibility index (Phi) is 6.07. The molecule has 2 heterocycles. The van der Waals surface area contributed by atoms with Gasteiger partial charge in [-0.05, 0) is 72.5 Å². The maximum absolute atomic E-state index is 15.0. The Morgan fingerprint density at radius 2 is 1.70 bits per heavy atom. The fraction of sp³-hybridized carbons (Fsp3) is 0.103. The van der Waals surface area contributed by atoms with Crippen molar-refractivity contribution in [1.82, 2.24) is 4.98 Å². The van der Waals surface area contributed by atoms with Crippen LogP contribution in [0.3, 0.4) is 0 Å². The maximum atomic E-state index is 15.0. The number of nitrogens with zero attached hydrogens (tertiary/aromatic N) is 2. The maximum Gasteiger partial charge on any atom is 0.135 e. The summed E-state index contributed by atoms with van der Waals surface area (Å²) in [4.78, 5) is 8.99. The number of hydrogen-bond donors (Lipinski definition) is 0. The molecule has 0 N–H and O–H groups in total. The first-order valence-electron chi connectivity index (χ1n) is 11.1. The molecule has 0 saturated carbocycles. The number of benzene rings is 3. The molecular formula is C29H23FN2O. The zero-order chi connectivity index (χ0) is 22.5. The van der Waals surface area contributed by atoms with Gasteiger partial charge in [0.15, 0.2) is 0 Å². The van der Waals surface area contributed by atoms with E-state index in [1.807, 2.05) is 85.1 Å². The molecule has 3 aromatic carbocycles. The van der Waals surface area contributed by atoms with Crippen LogP contribution in [0.2, 0.25) is 0 Å². The smallest absolute Gasteiger partial charge is 0.135 e. The molecule has 4 heteroatoms. The zero-order valence-electron chi connectivity index (χ0n) is 18.1. The van der Waals surface area contributed by atoms with Crippen molar-refractivity contribution in [3.05, 3.63) is 120 Å². The molecule has 0 amide bonds. The fourth-order valence-corrected chi connectivity index (χ4v) is 4.03. The average Bonchev–Trinajstić information content (AvgIpc) is 2.87. The van der Waals surface area contributed by atoms with Crippen LogP contribution in [0, 0.1) is 5.82 Å². The van der Waals surface area contributed by atoms with Gasteiger partial charge in [0, 0.05) is 35.6 Å². The van der Waals surface area contributed by atoms with Gasteiger partial charge in [-0.1, -0.05) is 42.5 Å². The van der Waals surface area contributed by atoms with Crippen LogP contribution in [-0.4, -0.2) is 17.2 Å². The Labute approximate surface area is 192 Å². The largest absolute Gasteiger partial charge is 0.457 e. The van der Waals surface area contributed by atoms with Gasteiger partial charge < -0.3 is 4.74 Å². The van der Waals surface area contributed by atoms with Crippen LogP contribution in [0.25, 0.3) is 17.2 Å². The van der Waals surface area contributed by atoms with Crippen LogP contribution >= 0.6 is 0 Å². The summed E-state index contributed by atoms with van der Waals surface area (Å²) in [6.07, 6.45) is 7.63. The van der Waals surface area contributed by atoms with Gasteiger partial charge in [0.25, 0.3) is 0 Å². The Hall–Kier alpha value is -4.05. The van der Waals surface area contributed by atoms with E-state index in [1.54, 1.807) is 6.20 Å². The Balaban J connectivity index is 1.52. The minimum absolute atomic E-state index is 0.286. The molecule has 0 fully saturated rings. The van der Waals surface area contributed by atoms with Gasteiger partial charge in [-0.15, -0.1) is 0 Å². The van der Waals surface area contributed by atoms with E-state index in [0.29, 0.717) is 22.6 Å². The van der Waals surface area contributed by atoms with Crippen LogP contribution in [0.4, 0.5) is 4.39 Å². The molecule has 5 rings (SSSR count). The molecule has 1 aliphatic rings. The van der Waals surface area contributed by atoms with Crippen LogP contribution in [-0.2, 0) is 0 Å². The normalized spacial score (nSPS) is 14.7. The summed E-state index contributed by atoms with van der Waals surface area (Å²) in [7, 11) is 0. The van der Waals surface area contributed by atoms with E-state index in [-0.39, 0.29) is 5.82 Å². The molecule has 33 heavy (non-hydrogen) atoms. The molecule has 3 nitrogen and oxygen atoms in total. The summed E-state index contributed by atoms with van der Waals surface area (Å²) in [6.45, 7) is 0.806. The van der Waals surface area contributed by atoms with E-state index in [4.69, 9.17) is 9.73 Å². The standard InChI is InChI=1S/C29H23FN2O/c30-27-15-14-21(18-22-8-7-17-32-29(22)23-9-6-16-31-20-23)19-26(27)25-12-4-5-13-28(25)33-24-10-2-1-3-11-24/h1-6,9-16,18-20H,7-8,17H2/b22-18+. The highest BCUT2D eigenvalue weighted by Gasteiger charge is 2.16. The zero-order valence-corrected chi connectivity index (χ0v) is 18.1. The molecule has 162 valence electrons. The van der Waals surface area contributed by atoms with Crippen LogP contribution in [0.15, 0.2) is 108 Å². The molecule has 4 aromatic rings. The molecule has 1 aromatic heterocycles. The van der Waals surface area contributed by atoms with Gasteiger partial charge in [-0.2, -0.15) is 0 Å². The first kappa shape index (κ1) is 20.8. The second-order valence-corrected chi connectivity index (χ2v) is 7.90. The predicted octanol–water partition coefficient (Wildman–Crippen LogP) is 7.35. The Morgan fingerprint density at radius 3 is 2.55 bits per heavy atom. The van der Waals surface area contributed by atoms with Gasteiger partial charge in [0.1, 0.15) is 17.3 Å². The van der Waals surface area contributed by atoms with Gasteiger partial charge in [-0.3, -0.25) is 9.98 Å². The molecule has 0 aliphatic carbocycles. The lowest BCUT2D eigenvalue weighted by atomic mass is 9.93. The summed E-state index contributed by atoms with van der Waals surface area (Å²) in [5.74, 6) is 1.04. The highest BCUT2D eigenvalue weighted by Crippen LogP contribution is 2.35. The summed E-state index contributed by atoms with van der Waals surface area (Å²) in [5, 5.41) is 0. The number of rotatable bonds is 5. The number of pyridine rings is 1. The minimum Gasteiger partial charge on any atom is -0.457 e. The van der Waals surface area contributed by atoms with E-state index < -0.39 is 0 Å². The minimum atomic E-state index is -0.286. The number of para-hydroxylation sites is 2. The third-order valence-corrected chi connectivity index (χ3v) is 5.59. The molecular weight excluding hydrogens is 411 g/mol. The summed E-state index contributed by atoms with van der Waals surface area (Å²) >= 11 is 0. The van der Waals surface area contributed by atoms with E-state index in [2.05, 4.69) is 11.1 Å². The predicted molar refractivity (Wildman–Crippen MR) is 131 cm³/mol. The van der Waals surface area contributed by atoms with Crippen molar-refractivity contribution in [2.75, 3.05) is 6.54 Å². The second-order valence-electron chi connectivity index (χ2n) is 7.90. The van der Waals surface area contributed by atoms with Crippen LogP contribution < -0.4 is 4.74 Å². The molecule has 0 spiro atoms. The van der Waals surface area contributed by atoms with Crippen molar-refractivity contribution in [3.8, 4) is 22.6 Å². The van der Waals surface area contributed by atoms with Crippen molar-refractivity contribution in [2.45, 2.75) is 12.8 Å². The van der Waals surface area contributed by atoms with Crippen LogP contribution in [0.1, 0.15) is 24.0 Å². The number of aromatic nitrogens is 1. The quantitative estimate of drug-likeness (QED) is 0.329. The lowest BCUT2D eigenvalue weighted by Gasteiger charge is -2.17. The Bertz CT molecular complexity index is 1310. The topological polar surface area (TPSA) is 34.5 Å². The summed E-state index contributed by atoms with van der Waals surface area (Å²) in [5.41, 5.74) is 5.26. The molecule has 0 radical (unpaired) electrons. The van der Waals surface area contributed by atoms with Crippen molar-refractivity contribution in [1.29, 1.82) is 0 Å². The van der Waals surface area contributed by atoms with Crippen molar-refractivity contribution >= 4 is 11.8 Å². The average molecular weight is 435 g/mol. The summed E-state index contributed by atoms with van der Waals surface area (Å²) in [6, 6.07) is 26.2. The van der Waals surface area contributed by atoms with E-state index in [9.17, 15) is 4.39 Å². The van der Waals surface area contributed by atoms with E-state index in [1.165, 1.54) is 6.07 Å². The summed E-state index contributed by atoms with van der Waals surface area (Å²) < 4.78 is 21.1. The number of ether oxygens (including phenoxy) is 1. The lowest BCUT2D eigenvalue weighted by molar-refractivity contribution is 0.484. The lowest BCUT2D eigenvalue weighted by Crippen LogP contribution is -2.11. The van der Waals surface area contributed by atoms with E-state index in [0.717, 1.165) is 41.8 Å². The van der Waals surface area contributed by atoms with Gasteiger partial charge in [0.2, 0.25) is 0 Å². The first-order chi connectivity index (χ1) is 16.3. The van der Waals surface area contributed by atoms with Crippen LogP contribution in [0.5, 0.6) is 11.5 Å². The third kappa shape index (κ3) is 4.75. The van der Waals surface area contributed by atoms with E-state index >= 15 is 0 Å². The highest BCUT2D eigenvalue weighted by molar-refractivity contribution is 6.15. The highest BCUT2D eigenvalue weighted by atomic mass is 19.1. The number of halogens is 1. The van der Waals surface area contributed by atoms with Gasteiger partial charge in [-0.25, -0.2) is 4.39 Å². The molecule has 0 unspecified atom stereocenters. The first-order valence-corrected chi connectivity index (χ1v) is 11.1. The van der Waals surface area contributed by atoms with Gasteiger partial charge in [0.05, 0.1) is 5.71 Å². The van der Waals surface area contributed by atoms with Crippen molar-refractivity contribution in [3.63, 3.8) is 0 Å². The number of aliphatic imine (C=N–C) groups is 1. The number of allylic oxidation sites excluding steroid dienone is 1. The molecule has 1 aliphatic heterocycles. The molecule has 0 atom stereocenters. The van der Waals surface area contributed by atoms with Crippen molar-refractivity contribution in [2.24, 2.45) is 4.99 Å². The van der Waals surface area contributed by atoms with Gasteiger partial charge >= 0.3 is 0 Å². The molecule has 0 bridgehead atoms.